The minimum absolute atomic E-state index is 0.137. The second kappa shape index (κ2) is 6.65. The first-order valence-corrected chi connectivity index (χ1v) is 5.69. The Morgan fingerprint density at radius 1 is 1.33 bits per heavy atom. The van der Waals surface area contributed by atoms with E-state index in [0.717, 1.165) is 12.0 Å². The van der Waals surface area contributed by atoms with Crippen LogP contribution in [0.3, 0.4) is 0 Å². The summed E-state index contributed by atoms with van der Waals surface area (Å²) in [5.41, 5.74) is 1.16. The number of esters is 1. The molecule has 0 aromatic heterocycles. The molecule has 2 atom stereocenters. The Morgan fingerprint density at radius 3 is 2.20 bits per heavy atom. The highest BCUT2D eigenvalue weighted by atomic mass is 16.5. The van der Waals surface area contributed by atoms with Crippen LogP contribution in [0, 0.1) is 17.8 Å². The van der Waals surface area contributed by atoms with Crippen molar-refractivity contribution < 1.29 is 9.53 Å². The van der Waals surface area contributed by atoms with Gasteiger partial charge in [-0.2, -0.15) is 0 Å². The van der Waals surface area contributed by atoms with Crippen molar-refractivity contribution in [3.05, 3.63) is 12.2 Å². The molecule has 0 aliphatic carbocycles. The Hall–Kier alpha value is -0.790. The van der Waals surface area contributed by atoms with Crippen molar-refractivity contribution in [1.29, 1.82) is 0 Å². The van der Waals surface area contributed by atoms with Gasteiger partial charge in [0.05, 0.1) is 13.5 Å². The SMILES string of the molecule is C=C(C(C)C)[C@@H](CC(=O)OC)[C@@H](C)CC. The van der Waals surface area contributed by atoms with E-state index in [1.165, 1.54) is 7.11 Å². The summed E-state index contributed by atoms with van der Waals surface area (Å²) < 4.78 is 4.73. The second-order valence-corrected chi connectivity index (χ2v) is 4.50. The molecular formula is C13H24O2. The summed E-state index contributed by atoms with van der Waals surface area (Å²) in [6.45, 7) is 12.7. The molecule has 0 aromatic rings. The fraction of sp³-hybridized carbons (Fsp3) is 0.769. The lowest BCUT2D eigenvalue weighted by atomic mass is 9.79. The summed E-state index contributed by atoms with van der Waals surface area (Å²) in [6, 6.07) is 0. The van der Waals surface area contributed by atoms with Crippen LogP contribution in [0.15, 0.2) is 12.2 Å². The molecule has 88 valence electrons. The zero-order valence-electron chi connectivity index (χ0n) is 10.7. The zero-order valence-corrected chi connectivity index (χ0v) is 10.7. The molecule has 2 heteroatoms. The van der Waals surface area contributed by atoms with Crippen LogP contribution in [0.25, 0.3) is 0 Å². The molecule has 0 aromatic carbocycles. The Bertz CT molecular complexity index is 219. The Balaban J connectivity index is 4.58. The van der Waals surface area contributed by atoms with Gasteiger partial charge >= 0.3 is 5.97 Å². The van der Waals surface area contributed by atoms with Crippen molar-refractivity contribution in [1.82, 2.24) is 0 Å². The second-order valence-electron chi connectivity index (χ2n) is 4.50. The van der Waals surface area contributed by atoms with E-state index in [1.54, 1.807) is 0 Å². The predicted molar refractivity (Wildman–Crippen MR) is 63.6 cm³/mol. The minimum atomic E-state index is -0.137. The molecule has 0 saturated heterocycles. The first-order valence-electron chi connectivity index (χ1n) is 5.69. The summed E-state index contributed by atoms with van der Waals surface area (Å²) in [5, 5.41) is 0. The van der Waals surface area contributed by atoms with Gasteiger partial charge in [0.2, 0.25) is 0 Å². The molecule has 0 spiro atoms. The normalized spacial score (nSPS) is 14.8. The summed E-state index contributed by atoms with van der Waals surface area (Å²) in [6.07, 6.45) is 1.52. The van der Waals surface area contributed by atoms with Gasteiger partial charge in [-0.1, -0.05) is 46.3 Å². The van der Waals surface area contributed by atoms with Crippen molar-refractivity contribution in [2.45, 2.75) is 40.5 Å². The largest absolute Gasteiger partial charge is 0.469 e. The van der Waals surface area contributed by atoms with Gasteiger partial charge < -0.3 is 4.74 Å². The van der Waals surface area contributed by atoms with Crippen LogP contribution in [0.2, 0.25) is 0 Å². The number of methoxy groups -OCH3 is 1. The molecule has 0 aliphatic heterocycles. The van der Waals surface area contributed by atoms with Crippen LogP contribution >= 0.6 is 0 Å². The number of rotatable bonds is 6. The maximum absolute atomic E-state index is 11.3. The standard InChI is InChI=1S/C13H24O2/c1-7-10(4)12(8-13(14)15-6)11(5)9(2)3/h9-10,12H,5,7-8H2,1-4,6H3/t10-,12-/m0/s1. The average Bonchev–Trinajstić information content (AvgIpc) is 2.23. The molecule has 2 nitrogen and oxygen atoms in total. The van der Waals surface area contributed by atoms with Gasteiger partial charge in [0.15, 0.2) is 0 Å². The lowest BCUT2D eigenvalue weighted by Crippen LogP contribution is -2.20. The fourth-order valence-electron chi connectivity index (χ4n) is 1.67. The van der Waals surface area contributed by atoms with Gasteiger partial charge in [-0.15, -0.1) is 0 Å². The molecule has 0 rings (SSSR count). The number of hydrogen-bond acceptors (Lipinski definition) is 2. The van der Waals surface area contributed by atoms with E-state index in [-0.39, 0.29) is 11.9 Å². The molecule has 0 amide bonds. The van der Waals surface area contributed by atoms with Gasteiger partial charge in [0.1, 0.15) is 0 Å². The van der Waals surface area contributed by atoms with Crippen LogP contribution in [0.5, 0.6) is 0 Å². The molecule has 0 saturated carbocycles. The molecule has 0 fully saturated rings. The Morgan fingerprint density at radius 2 is 1.87 bits per heavy atom. The number of carbonyl (C=O) groups is 1. The number of allylic oxidation sites excluding steroid dienone is 1. The maximum Gasteiger partial charge on any atom is 0.306 e. The van der Waals surface area contributed by atoms with E-state index in [4.69, 9.17) is 4.74 Å². The van der Waals surface area contributed by atoms with Crippen molar-refractivity contribution in [3.63, 3.8) is 0 Å². The Labute approximate surface area is 93.7 Å². The van der Waals surface area contributed by atoms with Gasteiger partial charge in [0.25, 0.3) is 0 Å². The quantitative estimate of drug-likeness (QED) is 0.498. The zero-order chi connectivity index (χ0) is 12.0. The van der Waals surface area contributed by atoms with Crippen LogP contribution in [0.1, 0.15) is 40.5 Å². The predicted octanol–water partition coefficient (Wildman–Crippen LogP) is 3.42. The van der Waals surface area contributed by atoms with Crippen LogP contribution < -0.4 is 0 Å². The first kappa shape index (κ1) is 14.2. The van der Waals surface area contributed by atoms with Crippen LogP contribution in [-0.2, 0) is 9.53 Å². The molecule has 0 radical (unpaired) electrons. The topological polar surface area (TPSA) is 26.3 Å². The average molecular weight is 212 g/mol. The monoisotopic (exact) mass is 212 g/mol. The highest BCUT2D eigenvalue weighted by Gasteiger charge is 2.23. The van der Waals surface area contributed by atoms with E-state index in [9.17, 15) is 4.79 Å². The van der Waals surface area contributed by atoms with E-state index in [0.29, 0.717) is 18.3 Å². The summed E-state index contributed by atoms with van der Waals surface area (Å²) in [5.74, 6) is 1.03. The smallest absolute Gasteiger partial charge is 0.306 e. The molecule has 0 aliphatic rings. The van der Waals surface area contributed by atoms with Crippen LogP contribution in [-0.4, -0.2) is 13.1 Å². The highest BCUT2D eigenvalue weighted by Crippen LogP contribution is 2.30. The third kappa shape index (κ3) is 4.50. The lowest BCUT2D eigenvalue weighted by Gasteiger charge is -2.26. The molecule has 0 N–H and O–H groups in total. The third-order valence-electron chi connectivity index (χ3n) is 3.16. The van der Waals surface area contributed by atoms with Crippen molar-refractivity contribution >= 4 is 5.97 Å². The molecular weight excluding hydrogens is 188 g/mol. The number of hydrogen-bond donors (Lipinski definition) is 0. The third-order valence-corrected chi connectivity index (χ3v) is 3.16. The molecule has 0 unspecified atom stereocenters. The van der Waals surface area contributed by atoms with E-state index >= 15 is 0 Å². The van der Waals surface area contributed by atoms with E-state index < -0.39 is 0 Å². The Kier molecular flexibility index (Phi) is 6.30. The van der Waals surface area contributed by atoms with Crippen molar-refractivity contribution in [2.75, 3.05) is 7.11 Å². The molecule has 0 heterocycles. The van der Waals surface area contributed by atoms with E-state index in [1.807, 2.05) is 0 Å². The molecule has 0 bridgehead atoms. The van der Waals surface area contributed by atoms with Gasteiger partial charge in [-0.3, -0.25) is 4.79 Å². The molecule has 15 heavy (non-hydrogen) atoms. The van der Waals surface area contributed by atoms with Gasteiger partial charge in [-0.25, -0.2) is 0 Å². The van der Waals surface area contributed by atoms with Crippen LogP contribution in [0.4, 0.5) is 0 Å². The number of carbonyl (C=O) groups excluding carboxylic acids is 1. The highest BCUT2D eigenvalue weighted by molar-refractivity contribution is 5.70. The van der Waals surface area contributed by atoms with Crippen molar-refractivity contribution in [3.8, 4) is 0 Å². The first-order chi connectivity index (χ1) is 6.93. The van der Waals surface area contributed by atoms with E-state index in [2.05, 4.69) is 34.3 Å². The summed E-state index contributed by atoms with van der Waals surface area (Å²) in [7, 11) is 1.44. The maximum atomic E-state index is 11.3. The summed E-state index contributed by atoms with van der Waals surface area (Å²) in [4.78, 5) is 11.3. The van der Waals surface area contributed by atoms with Gasteiger partial charge in [0, 0.05) is 0 Å². The summed E-state index contributed by atoms with van der Waals surface area (Å²) >= 11 is 0. The minimum Gasteiger partial charge on any atom is -0.469 e. The number of ether oxygens (including phenoxy) is 1. The fourth-order valence-corrected chi connectivity index (χ4v) is 1.67. The lowest BCUT2D eigenvalue weighted by molar-refractivity contribution is -0.141. The van der Waals surface area contributed by atoms with Gasteiger partial charge in [-0.05, 0) is 17.8 Å². The van der Waals surface area contributed by atoms with Crippen molar-refractivity contribution in [2.24, 2.45) is 17.8 Å².